The number of aromatic nitrogens is 1. The van der Waals surface area contributed by atoms with Crippen molar-refractivity contribution in [1.29, 1.82) is 0 Å². The van der Waals surface area contributed by atoms with Crippen molar-refractivity contribution in [2.24, 2.45) is 0 Å². The predicted octanol–water partition coefficient (Wildman–Crippen LogP) is 2.18. The first-order valence-corrected chi connectivity index (χ1v) is 5.11. The van der Waals surface area contributed by atoms with Gasteiger partial charge < -0.3 is 5.32 Å². The van der Waals surface area contributed by atoms with Crippen LogP contribution in [-0.2, 0) is 6.42 Å². The Morgan fingerprint density at radius 3 is 3.07 bits per heavy atom. The van der Waals surface area contributed by atoms with Gasteiger partial charge in [0.15, 0.2) is 0 Å². The van der Waals surface area contributed by atoms with Gasteiger partial charge in [0.1, 0.15) is 0 Å². The molecular weight excluding hydrogens is 172 g/mol. The molecule has 0 radical (unpaired) electrons. The molecule has 14 heavy (non-hydrogen) atoms. The summed E-state index contributed by atoms with van der Waals surface area (Å²) >= 11 is 0. The van der Waals surface area contributed by atoms with Crippen molar-refractivity contribution in [2.45, 2.75) is 25.8 Å². The second-order valence-corrected chi connectivity index (χ2v) is 3.36. The van der Waals surface area contributed by atoms with Crippen LogP contribution in [0.1, 0.15) is 18.9 Å². The maximum atomic E-state index is 4.09. The molecule has 0 aliphatic heterocycles. The van der Waals surface area contributed by atoms with Gasteiger partial charge in [-0.25, -0.2) is 0 Å². The molecule has 0 aliphatic rings. The lowest BCUT2D eigenvalue weighted by atomic mass is 10.1. The van der Waals surface area contributed by atoms with Gasteiger partial charge in [0.2, 0.25) is 0 Å². The van der Waals surface area contributed by atoms with Crippen LogP contribution in [0.25, 0.3) is 0 Å². The molecule has 0 aliphatic carbocycles. The summed E-state index contributed by atoms with van der Waals surface area (Å²) in [4.78, 5) is 4.09. The largest absolute Gasteiger partial charge is 0.310 e. The minimum atomic E-state index is 0.360. The van der Waals surface area contributed by atoms with Gasteiger partial charge in [-0.15, -0.1) is 6.58 Å². The molecule has 0 bridgehead atoms. The fraction of sp³-hybridized carbons (Fsp3) is 0.417. The van der Waals surface area contributed by atoms with Crippen LogP contribution in [0.2, 0.25) is 0 Å². The summed E-state index contributed by atoms with van der Waals surface area (Å²) in [5.74, 6) is 0. The minimum absolute atomic E-state index is 0.360. The van der Waals surface area contributed by atoms with E-state index < -0.39 is 0 Å². The van der Waals surface area contributed by atoms with Gasteiger partial charge in [0.05, 0.1) is 0 Å². The van der Waals surface area contributed by atoms with Crippen LogP contribution < -0.4 is 5.32 Å². The second kappa shape index (κ2) is 6.33. The highest BCUT2D eigenvalue weighted by Crippen LogP contribution is 2.01. The molecule has 1 aromatic heterocycles. The normalized spacial score (nSPS) is 12.4. The third-order valence-electron chi connectivity index (χ3n) is 2.12. The Morgan fingerprint density at radius 2 is 2.50 bits per heavy atom. The molecule has 0 aromatic carbocycles. The molecule has 0 saturated carbocycles. The molecule has 1 unspecified atom stereocenters. The molecule has 2 heteroatoms. The first kappa shape index (κ1) is 10.9. The fourth-order valence-electron chi connectivity index (χ4n) is 1.34. The lowest BCUT2D eigenvalue weighted by Crippen LogP contribution is -2.29. The Morgan fingerprint density at radius 1 is 1.64 bits per heavy atom. The highest BCUT2D eigenvalue weighted by Gasteiger charge is 2.03. The molecule has 1 rings (SSSR count). The molecular formula is C12H18N2. The number of rotatable bonds is 6. The summed E-state index contributed by atoms with van der Waals surface area (Å²) in [5, 5.41) is 3.42. The molecule has 0 amide bonds. The Hall–Kier alpha value is -1.15. The Labute approximate surface area is 86.1 Å². The van der Waals surface area contributed by atoms with Crippen LogP contribution in [0.3, 0.4) is 0 Å². The molecule has 76 valence electrons. The smallest absolute Gasteiger partial charge is 0.0300 e. The van der Waals surface area contributed by atoms with Gasteiger partial charge in [0, 0.05) is 18.4 Å². The van der Waals surface area contributed by atoms with E-state index in [0.29, 0.717) is 6.04 Å². The summed E-state index contributed by atoms with van der Waals surface area (Å²) in [7, 11) is 0. The molecule has 1 aromatic rings. The number of nitrogens with one attached hydrogen (secondary N) is 1. The molecule has 1 heterocycles. The van der Waals surface area contributed by atoms with Crippen LogP contribution in [0, 0.1) is 0 Å². The van der Waals surface area contributed by atoms with E-state index >= 15 is 0 Å². The molecule has 0 fully saturated rings. The number of hydrogen-bond donors (Lipinski definition) is 1. The average molecular weight is 190 g/mol. The third-order valence-corrected chi connectivity index (χ3v) is 2.12. The van der Waals surface area contributed by atoms with Crippen molar-refractivity contribution >= 4 is 0 Å². The van der Waals surface area contributed by atoms with E-state index in [2.05, 4.69) is 29.9 Å². The van der Waals surface area contributed by atoms with Gasteiger partial charge >= 0.3 is 0 Å². The van der Waals surface area contributed by atoms with Crippen LogP contribution in [0.5, 0.6) is 0 Å². The maximum absolute atomic E-state index is 4.09. The first-order chi connectivity index (χ1) is 6.86. The molecule has 0 saturated heterocycles. The van der Waals surface area contributed by atoms with Crippen molar-refractivity contribution in [3.05, 3.63) is 42.7 Å². The molecule has 1 atom stereocenters. The Bertz CT molecular complexity index is 256. The summed E-state index contributed by atoms with van der Waals surface area (Å²) in [6.07, 6.45) is 7.79. The summed E-state index contributed by atoms with van der Waals surface area (Å²) < 4.78 is 0. The number of hydrogen-bond acceptors (Lipinski definition) is 2. The Balaban J connectivity index is 2.44. The van der Waals surface area contributed by atoms with E-state index in [4.69, 9.17) is 0 Å². The van der Waals surface area contributed by atoms with Crippen LogP contribution in [0.4, 0.5) is 0 Å². The van der Waals surface area contributed by atoms with E-state index in [0.717, 1.165) is 19.4 Å². The van der Waals surface area contributed by atoms with Gasteiger partial charge in [-0.1, -0.05) is 19.1 Å². The second-order valence-electron chi connectivity index (χ2n) is 3.36. The lowest BCUT2D eigenvalue weighted by Gasteiger charge is -2.13. The zero-order valence-electron chi connectivity index (χ0n) is 8.74. The molecule has 1 N–H and O–H groups in total. The first-order valence-electron chi connectivity index (χ1n) is 5.11. The van der Waals surface area contributed by atoms with Crippen molar-refractivity contribution in [3.8, 4) is 0 Å². The van der Waals surface area contributed by atoms with E-state index in [1.807, 2.05) is 18.3 Å². The molecule has 2 nitrogen and oxygen atoms in total. The van der Waals surface area contributed by atoms with Gasteiger partial charge in [0.25, 0.3) is 0 Å². The van der Waals surface area contributed by atoms with Gasteiger partial charge in [-0.05, 0) is 31.0 Å². The van der Waals surface area contributed by atoms with E-state index in [1.165, 1.54) is 5.56 Å². The zero-order valence-corrected chi connectivity index (χ0v) is 8.74. The monoisotopic (exact) mass is 190 g/mol. The summed E-state index contributed by atoms with van der Waals surface area (Å²) in [6.45, 7) is 7.03. The fourth-order valence-corrected chi connectivity index (χ4v) is 1.34. The Kier molecular flexibility index (Phi) is 4.94. The SMILES string of the molecule is C=CC(Cc1cccnc1)NCCC. The highest BCUT2D eigenvalue weighted by molar-refractivity contribution is 5.12. The highest BCUT2D eigenvalue weighted by atomic mass is 14.9. The maximum Gasteiger partial charge on any atom is 0.0300 e. The van der Waals surface area contributed by atoms with Crippen molar-refractivity contribution in [2.75, 3.05) is 6.54 Å². The van der Waals surface area contributed by atoms with Crippen LogP contribution in [-0.4, -0.2) is 17.6 Å². The third kappa shape index (κ3) is 3.71. The van der Waals surface area contributed by atoms with Gasteiger partial charge in [-0.3, -0.25) is 4.98 Å². The van der Waals surface area contributed by atoms with E-state index in [9.17, 15) is 0 Å². The number of nitrogens with zero attached hydrogens (tertiary/aromatic N) is 1. The minimum Gasteiger partial charge on any atom is -0.310 e. The van der Waals surface area contributed by atoms with Gasteiger partial charge in [-0.2, -0.15) is 0 Å². The lowest BCUT2D eigenvalue weighted by molar-refractivity contribution is 0.585. The average Bonchev–Trinajstić information content (AvgIpc) is 2.25. The topological polar surface area (TPSA) is 24.9 Å². The van der Waals surface area contributed by atoms with E-state index in [1.54, 1.807) is 6.20 Å². The van der Waals surface area contributed by atoms with Crippen molar-refractivity contribution < 1.29 is 0 Å². The van der Waals surface area contributed by atoms with Crippen molar-refractivity contribution in [1.82, 2.24) is 10.3 Å². The molecule has 0 spiro atoms. The summed E-state index contributed by atoms with van der Waals surface area (Å²) in [5.41, 5.74) is 1.25. The number of pyridine rings is 1. The van der Waals surface area contributed by atoms with E-state index in [-0.39, 0.29) is 0 Å². The predicted molar refractivity (Wildman–Crippen MR) is 60.2 cm³/mol. The van der Waals surface area contributed by atoms with Crippen LogP contribution in [0.15, 0.2) is 37.2 Å². The zero-order chi connectivity index (χ0) is 10.2. The standard InChI is InChI=1S/C12H18N2/c1-3-7-14-12(4-2)9-11-6-5-8-13-10-11/h4-6,8,10,12,14H,2-3,7,9H2,1H3. The summed E-state index contributed by atoms with van der Waals surface area (Å²) in [6, 6.07) is 4.42. The van der Waals surface area contributed by atoms with Crippen molar-refractivity contribution in [3.63, 3.8) is 0 Å². The van der Waals surface area contributed by atoms with Crippen LogP contribution >= 0.6 is 0 Å². The quantitative estimate of drug-likeness (QED) is 0.695.